The number of nitrogens with two attached hydrogens (primary N) is 1. The average molecular weight is 418 g/mol. The molecule has 3 N–H and O–H groups in total. The maximum atomic E-state index is 5.69. The van der Waals surface area contributed by atoms with Gasteiger partial charge in [0.15, 0.2) is 0 Å². The van der Waals surface area contributed by atoms with E-state index in [1.807, 2.05) is 18.2 Å². The Kier molecular flexibility index (Phi) is 5.11. The molecule has 0 saturated carbocycles. The van der Waals surface area contributed by atoms with E-state index in [4.69, 9.17) is 5.84 Å². The molecule has 1 heterocycles. The van der Waals surface area contributed by atoms with Gasteiger partial charge in [-0.1, -0.05) is 15.9 Å². The van der Waals surface area contributed by atoms with Gasteiger partial charge < -0.3 is 0 Å². The van der Waals surface area contributed by atoms with Crippen LogP contribution < -0.4 is 11.3 Å². The molecule has 2 rings (SSSR count). The maximum Gasteiger partial charge on any atom is 0.0511 e. The van der Waals surface area contributed by atoms with Gasteiger partial charge in [-0.25, -0.2) is 0 Å². The third-order valence-corrected chi connectivity index (χ3v) is 4.20. The van der Waals surface area contributed by atoms with Crippen molar-refractivity contribution in [3.63, 3.8) is 0 Å². The van der Waals surface area contributed by atoms with Crippen molar-refractivity contribution in [2.24, 2.45) is 5.84 Å². The third-order valence-electron chi connectivity index (χ3n) is 2.72. The molecular weight excluding hydrogens is 405 g/mol. The lowest BCUT2D eigenvalue weighted by molar-refractivity contribution is 0.549. The highest BCUT2D eigenvalue weighted by molar-refractivity contribution is 14.1. The Labute approximate surface area is 128 Å². The minimum absolute atomic E-state index is 0.0943. The van der Waals surface area contributed by atoms with Crippen LogP contribution in [0.2, 0.25) is 0 Å². The molecule has 18 heavy (non-hydrogen) atoms. The summed E-state index contributed by atoms with van der Waals surface area (Å²) in [4.78, 5) is 4.02. The lowest BCUT2D eigenvalue weighted by Crippen LogP contribution is -2.30. The second-order valence-electron chi connectivity index (χ2n) is 3.94. The number of aromatic nitrogens is 1. The summed E-state index contributed by atoms with van der Waals surface area (Å²) in [5.74, 6) is 5.69. The van der Waals surface area contributed by atoms with Gasteiger partial charge in [0.05, 0.1) is 6.04 Å². The van der Waals surface area contributed by atoms with Crippen molar-refractivity contribution in [3.8, 4) is 0 Å². The van der Waals surface area contributed by atoms with E-state index in [1.165, 1.54) is 14.7 Å². The van der Waals surface area contributed by atoms with Gasteiger partial charge in [0, 0.05) is 20.4 Å². The third kappa shape index (κ3) is 3.50. The van der Waals surface area contributed by atoms with Gasteiger partial charge >= 0.3 is 0 Å². The molecule has 0 bridgehead atoms. The number of nitrogens with zero attached hydrogens (tertiary/aromatic N) is 1. The SMILES string of the molecule is NNC(Cc1ccncc1)c1cc(Br)ccc1I. The zero-order valence-electron chi connectivity index (χ0n) is 9.61. The molecule has 1 unspecified atom stereocenters. The second kappa shape index (κ2) is 6.60. The van der Waals surface area contributed by atoms with Crippen LogP contribution in [0.25, 0.3) is 0 Å². The van der Waals surface area contributed by atoms with Crippen molar-refractivity contribution in [1.82, 2.24) is 10.4 Å². The molecule has 1 aromatic heterocycles. The summed E-state index contributed by atoms with van der Waals surface area (Å²) in [5.41, 5.74) is 5.30. The summed E-state index contributed by atoms with van der Waals surface area (Å²) in [6.07, 6.45) is 4.44. The Morgan fingerprint density at radius 3 is 2.67 bits per heavy atom. The Balaban J connectivity index is 2.26. The molecule has 1 atom stereocenters. The summed E-state index contributed by atoms with van der Waals surface area (Å²) >= 11 is 5.83. The van der Waals surface area contributed by atoms with Gasteiger partial charge in [-0.05, 0) is 70.5 Å². The van der Waals surface area contributed by atoms with E-state index in [9.17, 15) is 0 Å². The van der Waals surface area contributed by atoms with Gasteiger partial charge in [0.25, 0.3) is 0 Å². The predicted molar refractivity (Wildman–Crippen MR) is 84.9 cm³/mol. The summed E-state index contributed by atoms with van der Waals surface area (Å²) in [5, 5.41) is 0. The van der Waals surface area contributed by atoms with Crippen LogP contribution in [-0.4, -0.2) is 4.98 Å². The highest BCUT2D eigenvalue weighted by Crippen LogP contribution is 2.26. The molecule has 1 aromatic carbocycles. The van der Waals surface area contributed by atoms with Gasteiger partial charge in [-0.3, -0.25) is 16.3 Å². The van der Waals surface area contributed by atoms with Crippen molar-refractivity contribution in [2.75, 3.05) is 0 Å². The van der Waals surface area contributed by atoms with E-state index >= 15 is 0 Å². The van der Waals surface area contributed by atoms with Crippen LogP contribution in [0.15, 0.2) is 47.2 Å². The molecule has 0 fully saturated rings. The maximum absolute atomic E-state index is 5.69. The Hall–Kier alpha value is -0.500. The molecule has 0 aliphatic heterocycles. The largest absolute Gasteiger partial charge is 0.271 e. The van der Waals surface area contributed by atoms with Crippen molar-refractivity contribution >= 4 is 38.5 Å². The molecule has 0 radical (unpaired) electrons. The number of pyridine rings is 1. The van der Waals surface area contributed by atoms with Crippen LogP contribution in [0.1, 0.15) is 17.2 Å². The van der Waals surface area contributed by atoms with Crippen LogP contribution in [0, 0.1) is 3.57 Å². The molecule has 2 aromatic rings. The Bertz CT molecular complexity index is 519. The standard InChI is InChI=1S/C13H13BrIN3/c14-10-1-2-12(15)11(8-10)13(18-16)7-9-3-5-17-6-4-9/h1-6,8,13,18H,7,16H2. The van der Waals surface area contributed by atoms with Crippen molar-refractivity contribution in [2.45, 2.75) is 12.5 Å². The van der Waals surface area contributed by atoms with Crippen molar-refractivity contribution < 1.29 is 0 Å². The van der Waals surface area contributed by atoms with Crippen LogP contribution >= 0.6 is 38.5 Å². The first-order chi connectivity index (χ1) is 8.70. The number of rotatable bonds is 4. The zero-order chi connectivity index (χ0) is 13.0. The Morgan fingerprint density at radius 2 is 2.00 bits per heavy atom. The van der Waals surface area contributed by atoms with Gasteiger partial charge in [-0.15, -0.1) is 0 Å². The summed E-state index contributed by atoms with van der Waals surface area (Å²) in [6.45, 7) is 0. The van der Waals surface area contributed by atoms with Crippen LogP contribution in [-0.2, 0) is 6.42 Å². The van der Waals surface area contributed by atoms with E-state index in [-0.39, 0.29) is 6.04 Å². The molecule has 94 valence electrons. The minimum atomic E-state index is 0.0943. The molecule has 0 amide bonds. The smallest absolute Gasteiger partial charge is 0.0511 e. The van der Waals surface area contributed by atoms with Crippen LogP contribution in [0.3, 0.4) is 0 Å². The first-order valence-corrected chi connectivity index (χ1v) is 7.38. The number of hydrogen-bond donors (Lipinski definition) is 2. The molecule has 5 heteroatoms. The highest BCUT2D eigenvalue weighted by Gasteiger charge is 2.14. The predicted octanol–water partition coefficient (Wildman–Crippen LogP) is 3.20. The molecule has 0 saturated heterocycles. The summed E-state index contributed by atoms with van der Waals surface area (Å²) in [7, 11) is 0. The molecular formula is C13H13BrIN3. The van der Waals surface area contributed by atoms with Crippen molar-refractivity contribution in [3.05, 3.63) is 61.9 Å². The number of nitrogens with one attached hydrogen (secondary N) is 1. The summed E-state index contributed by atoms with van der Waals surface area (Å²) in [6, 6.07) is 10.3. The first kappa shape index (κ1) is 13.9. The number of hydrogen-bond acceptors (Lipinski definition) is 3. The normalized spacial score (nSPS) is 12.4. The lowest BCUT2D eigenvalue weighted by atomic mass is 10.0. The minimum Gasteiger partial charge on any atom is -0.271 e. The van der Waals surface area contributed by atoms with Crippen LogP contribution in [0.4, 0.5) is 0 Å². The monoisotopic (exact) mass is 417 g/mol. The summed E-state index contributed by atoms with van der Waals surface area (Å²) < 4.78 is 2.26. The van der Waals surface area contributed by atoms with Gasteiger partial charge in [0.1, 0.15) is 0 Å². The van der Waals surface area contributed by atoms with E-state index in [0.717, 1.165) is 10.9 Å². The fourth-order valence-electron chi connectivity index (χ4n) is 1.79. The van der Waals surface area contributed by atoms with Gasteiger partial charge in [0.2, 0.25) is 0 Å². The first-order valence-electron chi connectivity index (χ1n) is 5.50. The highest BCUT2D eigenvalue weighted by atomic mass is 127. The van der Waals surface area contributed by atoms with E-state index in [2.05, 4.69) is 61.1 Å². The van der Waals surface area contributed by atoms with E-state index in [0.29, 0.717) is 0 Å². The van der Waals surface area contributed by atoms with Gasteiger partial charge in [-0.2, -0.15) is 0 Å². The molecule has 0 aliphatic rings. The molecule has 0 aliphatic carbocycles. The van der Waals surface area contributed by atoms with Crippen LogP contribution in [0.5, 0.6) is 0 Å². The van der Waals surface area contributed by atoms with E-state index < -0.39 is 0 Å². The second-order valence-corrected chi connectivity index (χ2v) is 6.02. The van der Waals surface area contributed by atoms with E-state index in [1.54, 1.807) is 12.4 Å². The molecule has 0 spiro atoms. The average Bonchev–Trinajstić information content (AvgIpc) is 2.40. The zero-order valence-corrected chi connectivity index (χ0v) is 13.3. The van der Waals surface area contributed by atoms with Crippen molar-refractivity contribution in [1.29, 1.82) is 0 Å². The quantitative estimate of drug-likeness (QED) is 0.456. The topological polar surface area (TPSA) is 50.9 Å². The number of halogens is 2. The molecule has 3 nitrogen and oxygen atoms in total. The lowest BCUT2D eigenvalue weighted by Gasteiger charge is -2.18. The number of benzene rings is 1. The fourth-order valence-corrected chi connectivity index (χ4v) is 2.89. The Morgan fingerprint density at radius 1 is 1.28 bits per heavy atom. The fraction of sp³-hybridized carbons (Fsp3) is 0.154. The number of hydrazine groups is 1.